The predicted molar refractivity (Wildman–Crippen MR) is 110 cm³/mol. The maximum Gasteiger partial charge on any atom is 0.305 e. The van der Waals surface area contributed by atoms with Gasteiger partial charge in [0.15, 0.2) is 0 Å². The molecule has 0 saturated carbocycles. The first kappa shape index (κ1) is 19.0. The number of carbonyl (C=O) groups is 1. The molecule has 0 aliphatic carbocycles. The summed E-state index contributed by atoms with van der Waals surface area (Å²) in [6.45, 7) is 3.03. The summed E-state index contributed by atoms with van der Waals surface area (Å²) in [5.74, 6) is -0.138. The molecule has 136 valence electrons. The molecule has 0 radical (unpaired) electrons. The number of hydrogen-bond donors (Lipinski definition) is 0. The smallest absolute Gasteiger partial charge is 0.305 e. The van der Waals surface area contributed by atoms with Crippen LogP contribution in [-0.4, -0.2) is 17.1 Å². The van der Waals surface area contributed by atoms with E-state index in [0.29, 0.717) is 13.0 Å². The molecule has 0 atom stereocenters. The zero-order valence-electron chi connectivity index (χ0n) is 14.7. The molecular weight excluding hydrogens is 414 g/mol. The number of halogens is 2. The third-order valence-corrected chi connectivity index (χ3v) is 5.53. The van der Waals surface area contributed by atoms with E-state index in [4.69, 9.17) is 16.3 Å². The highest BCUT2D eigenvalue weighted by Crippen LogP contribution is 2.32. The topological polar surface area (TPSA) is 31.2 Å². The van der Waals surface area contributed by atoms with Crippen molar-refractivity contribution in [3.63, 3.8) is 0 Å². The Kier molecular flexibility index (Phi) is 6.38. The molecule has 0 unspecified atom stereocenters. The van der Waals surface area contributed by atoms with Gasteiger partial charge in [0.2, 0.25) is 0 Å². The van der Waals surface area contributed by atoms with Crippen molar-refractivity contribution in [3.8, 4) is 0 Å². The summed E-state index contributed by atoms with van der Waals surface area (Å²) < 4.78 is 8.32. The van der Waals surface area contributed by atoms with Gasteiger partial charge in [-0.05, 0) is 58.6 Å². The van der Waals surface area contributed by atoms with Gasteiger partial charge in [0.05, 0.1) is 11.2 Å². The Balaban J connectivity index is 1.86. The van der Waals surface area contributed by atoms with E-state index in [1.54, 1.807) is 0 Å². The predicted octanol–water partition coefficient (Wildman–Crippen LogP) is 5.99. The number of para-hydroxylation sites is 1. The maximum atomic E-state index is 11.6. The highest BCUT2D eigenvalue weighted by molar-refractivity contribution is 9.10. The average Bonchev–Trinajstić information content (AvgIpc) is 2.90. The standard InChI is InChI=1S/C21H21BrClNO2/c1-2-26-20(25)8-5-13-24-19-7-4-3-6-17(19)18(21(24)22)14-15-9-11-16(23)12-10-15/h3-4,6-7,9-12H,2,5,8,13-14H2,1H3. The molecular formula is C21H21BrClNO2. The van der Waals surface area contributed by atoms with E-state index >= 15 is 0 Å². The fraction of sp³-hybridized carbons (Fsp3) is 0.286. The Morgan fingerprint density at radius 1 is 1.15 bits per heavy atom. The molecule has 0 N–H and O–H groups in total. The van der Waals surface area contributed by atoms with Crippen LogP contribution >= 0.6 is 27.5 Å². The summed E-state index contributed by atoms with van der Waals surface area (Å²) in [4.78, 5) is 11.6. The number of fused-ring (bicyclic) bond motifs is 1. The van der Waals surface area contributed by atoms with E-state index in [-0.39, 0.29) is 5.97 Å². The molecule has 3 aromatic rings. The lowest BCUT2D eigenvalue weighted by atomic mass is 10.0. The third-order valence-electron chi connectivity index (χ3n) is 4.37. The Bertz CT molecular complexity index is 902. The summed E-state index contributed by atoms with van der Waals surface area (Å²) in [5.41, 5.74) is 3.63. The van der Waals surface area contributed by atoms with E-state index in [2.05, 4.69) is 50.8 Å². The Morgan fingerprint density at radius 2 is 1.88 bits per heavy atom. The average molecular weight is 435 g/mol. The van der Waals surface area contributed by atoms with E-state index < -0.39 is 0 Å². The molecule has 5 heteroatoms. The van der Waals surface area contributed by atoms with Crippen molar-refractivity contribution in [2.75, 3.05) is 6.61 Å². The summed E-state index contributed by atoms with van der Waals surface area (Å²) in [5, 5.41) is 1.97. The van der Waals surface area contributed by atoms with Crippen molar-refractivity contribution in [1.82, 2.24) is 4.57 Å². The van der Waals surface area contributed by atoms with Gasteiger partial charge in [-0.25, -0.2) is 0 Å². The molecule has 3 rings (SSSR count). The summed E-state index contributed by atoms with van der Waals surface area (Å²) in [6, 6.07) is 16.3. The zero-order chi connectivity index (χ0) is 18.5. The normalized spacial score (nSPS) is 11.0. The van der Waals surface area contributed by atoms with Crippen molar-refractivity contribution >= 4 is 44.4 Å². The van der Waals surface area contributed by atoms with Crippen LogP contribution in [0.25, 0.3) is 10.9 Å². The molecule has 26 heavy (non-hydrogen) atoms. The second-order valence-corrected chi connectivity index (χ2v) is 7.34. The number of ether oxygens (including phenoxy) is 1. The van der Waals surface area contributed by atoms with Crippen LogP contribution in [0.5, 0.6) is 0 Å². The number of rotatable bonds is 7. The molecule has 0 aliphatic heterocycles. The van der Waals surface area contributed by atoms with Crippen LogP contribution in [-0.2, 0) is 22.5 Å². The molecule has 0 aliphatic rings. The van der Waals surface area contributed by atoms with Gasteiger partial charge in [-0.3, -0.25) is 4.79 Å². The fourth-order valence-corrected chi connectivity index (χ4v) is 4.00. The summed E-state index contributed by atoms with van der Waals surface area (Å²) in [7, 11) is 0. The number of nitrogens with zero attached hydrogens (tertiary/aromatic N) is 1. The van der Waals surface area contributed by atoms with Crippen molar-refractivity contribution in [2.24, 2.45) is 0 Å². The van der Waals surface area contributed by atoms with Crippen LogP contribution in [0.4, 0.5) is 0 Å². The second kappa shape index (κ2) is 8.74. The molecule has 0 bridgehead atoms. The van der Waals surface area contributed by atoms with Crippen molar-refractivity contribution in [2.45, 2.75) is 32.7 Å². The van der Waals surface area contributed by atoms with E-state index in [9.17, 15) is 4.79 Å². The SMILES string of the molecule is CCOC(=O)CCCn1c(Br)c(Cc2ccc(Cl)cc2)c2ccccc21. The van der Waals surface area contributed by atoms with Gasteiger partial charge in [0, 0.05) is 35.3 Å². The highest BCUT2D eigenvalue weighted by Gasteiger charge is 2.15. The number of aromatic nitrogens is 1. The van der Waals surface area contributed by atoms with Gasteiger partial charge in [-0.1, -0.05) is 41.9 Å². The fourth-order valence-electron chi connectivity index (χ4n) is 3.15. The highest BCUT2D eigenvalue weighted by atomic mass is 79.9. The number of esters is 1. The lowest BCUT2D eigenvalue weighted by Crippen LogP contribution is -2.06. The minimum absolute atomic E-state index is 0.138. The molecule has 1 heterocycles. The number of benzene rings is 2. The van der Waals surface area contributed by atoms with Gasteiger partial charge >= 0.3 is 5.97 Å². The summed E-state index contributed by atoms with van der Waals surface area (Å²) in [6.07, 6.45) is 2.00. The lowest BCUT2D eigenvalue weighted by Gasteiger charge is -2.08. The van der Waals surface area contributed by atoms with Crippen LogP contribution in [0.15, 0.2) is 53.1 Å². The lowest BCUT2D eigenvalue weighted by molar-refractivity contribution is -0.143. The van der Waals surface area contributed by atoms with Crippen molar-refractivity contribution in [3.05, 3.63) is 69.3 Å². The van der Waals surface area contributed by atoms with E-state index in [1.165, 1.54) is 22.0 Å². The minimum atomic E-state index is -0.138. The van der Waals surface area contributed by atoms with Gasteiger partial charge < -0.3 is 9.30 Å². The van der Waals surface area contributed by atoms with Crippen molar-refractivity contribution < 1.29 is 9.53 Å². The number of carbonyl (C=O) groups excluding carboxylic acids is 1. The minimum Gasteiger partial charge on any atom is -0.466 e. The largest absolute Gasteiger partial charge is 0.466 e. The number of hydrogen-bond acceptors (Lipinski definition) is 2. The quantitative estimate of drug-likeness (QED) is 0.428. The molecule has 0 spiro atoms. The molecule has 0 fully saturated rings. The first-order valence-corrected chi connectivity index (χ1v) is 9.93. The van der Waals surface area contributed by atoms with Crippen LogP contribution < -0.4 is 0 Å². The third kappa shape index (κ3) is 4.30. The first-order valence-electron chi connectivity index (χ1n) is 8.75. The monoisotopic (exact) mass is 433 g/mol. The van der Waals surface area contributed by atoms with Gasteiger partial charge in [0.25, 0.3) is 0 Å². The Morgan fingerprint density at radius 3 is 2.62 bits per heavy atom. The Hall–Kier alpha value is -1.78. The maximum absolute atomic E-state index is 11.6. The molecule has 0 saturated heterocycles. The molecule has 0 amide bonds. The van der Waals surface area contributed by atoms with Crippen LogP contribution in [0.2, 0.25) is 5.02 Å². The summed E-state index contributed by atoms with van der Waals surface area (Å²) >= 11 is 9.78. The van der Waals surface area contributed by atoms with E-state index in [1.807, 2.05) is 25.1 Å². The Labute approximate surface area is 167 Å². The van der Waals surface area contributed by atoms with Gasteiger partial charge in [0.1, 0.15) is 0 Å². The van der Waals surface area contributed by atoms with E-state index in [0.717, 1.165) is 29.0 Å². The zero-order valence-corrected chi connectivity index (χ0v) is 17.0. The van der Waals surface area contributed by atoms with Crippen LogP contribution in [0.3, 0.4) is 0 Å². The van der Waals surface area contributed by atoms with Crippen LogP contribution in [0.1, 0.15) is 30.9 Å². The number of aryl methyl sites for hydroxylation is 1. The van der Waals surface area contributed by atoms with Crippen LogP contribution in [0, 0.1) is 0 Å². The van der Waals surface area contributed by atoms with Gasteiger partial charge in [-0.15, -0.1) is 0 Å². The molecule has 1 aromatic heterocycles. The molecule has 2 aromatic carbocycles. The first-order chi connectivity index (χ1) is 12.6. The van der Waals surface area contributed by atoms with Gasteiger partial charge in [-0.2, -0.15) is 0 Å². The second-order valence-electron chi connectivity index (χ2n) is 6.15. The molecule has 3 nitrogen and oxygen atoms in total. The van der Waals surface area contributed by atoms with Crippen molar-refractivity contribution in [1.29, 1.82) is 0 Å².